The van der Waals surface area contributed by atoms with E-state index in [4.69, 9.17) is 9.47 Å². The van der Waals surface area contributed by atoms with Crippen LogP contribution in [0.1, 0.15) is 45.5 Å². The minimum atomic E-state index is -0.642. The minimum Gasteiger partial charge on any atom is -0.457 e. The van der Waals surface area contributed by atoms with Crippen LogP contribution in [0.4, 0.5) is 0 Å². The van der Waals surface area contributed by atoms with Gasteiger partial charge in [0.15, 0.2) is 0 Å². The highest BCUT2D eigenvalue weighted by atomic mass is 16.5. The molecule has 4 heterocycles. The molecule has 248 valence electrons. The SMILES string of the molecule is C1=CCNC(c2ccc3c(c2)Oc2cc(-c4ccc5c6c(n(-c7ccccc7)c5c4)CCC=C6)ccc2C32c3ccccc3Oc3ccccc32)=C1. The fourth-order valence-electron chi connectivity index (χ4n) is 8.95. The van der Waals surface area contributed by atoms with E-state index in [1.165, 1.54) is 27.8 Å². The predicted octanol–water partition coefficient (Wildman–Crippen LogP) is 11.4. The van der Waals surface area contributed by atoms with E-state index in [2.05, 4.69) is 174 Å². The van der Waals surface area contributed by atoms with Gasteiger partial charge in [-0.1, -0.05) is 115 Å². The summed E-state index contributed by atoms with van der Waals surface area (Å²) in [6.07, 6.45) is 13.0. The molecule has 0 amide bonds. The van der Waals surface area contributed by atoms with Crippen LogP contribution in [0.3, 0.4) is 0 Å². The number of ether oxygens (including phenoxy) is 2. The molecule has 52 heavy (non-hydrogen) atoms. The summed E-state index contributed by atoms with van der Waals surface area (Å²) >= 11 is 0. The zero-order valence-corrected chi connectivity index (χ0v) is 28.5. The van der Waals surface area contributed by atoms with E-state index in [0.29, 0.717) is 0 Å². The van der Waals surface area contributed by atoms with Crippen molar-refractivity contribution in [2.24, 2.45) is 0 Å². The number of dihydropyridines is 1. The van der Waals surface area contributed by atoms with E-state index in [9.17, 15) is 0 Å². The molecule has 0 unspecified atom stereocenters. The van der Waals surface area contributed by atoms with Gasteiger partial charge in [-0.3, -0.25) is 0 Å². The maximum absolute atomic E-state index is 7.05. The molecule has 0 fully saturated rings. The molecule has 1 aliphatic carbocycles. The van der Waals surface area contributed by atoms with Crippen molar-refractivity contribution in [2.45, 2.75) is 18.3 Å². The van der Waals surface area contributed by atoms with Crippen LogP contribution in [-0.2, 0) is 11.8 Å². The Morgan fingerprint density at radius 3 is 1.96 bits per heavy atom. The minimum absolute atomic E-state index is 0.642. The van der Waals surface area contributed by atoms with Crippen LogP contribution in [-0.4, -0.2) is 11.1 Å². The number of para-hydroxylation sites is 3. The molecule has 1 aromatic heterocycles. The van der Waals surface area contributed by atoms with E-state index < -0.39 is 5.41 Å². The number of benzene rings is 6. The largest absolute Gasteiger partial charge is 0.457 e. The standard InChI is InChI=1S/C48H34N2O2/c1-2-12-34(13-3-1)50-42-18-7-4-14-35(42)36-24-21-31(28-43(36)50)32-22-25-39-46(29-32)52-47-30-33(41-17-10-11-27-49-41)23-26-40(47)48(39)37-15-5-8-19-44(37)51-45-20-9-6-16-38(45)48/h1-6,8-17,19-26,28-30,49H,7,18,27H2. The van der Waals surface area contributed by atoms with Crippen molar-refractivity contribution in [2.75, 3.05) is 6.54 Å². The second-order valence-electron chi connectivity index (χ2n) is 14.0. The van der Waals surface area contributed by atoms with Crippen molar-refractivity contribution >= 4 is 22.7 Å². The number of aromatic nitrogens is 1. The maximum Gasteiger partial charge on any atom is 0.132 e. The second-order valence-corrected chi connectivity index (χ2v) is 14.0. The lowest BCUT2D eigenvalue weighted by Gasteiger charge is -2.45. The smallest absolute Gasteiger partial charge is 0.132 e. The van der Waals surface area contributed by atoms with Gasteiger partial charge in [0.05, 0.1) is 10.9 Å². The fraction of sp³-hybridized carbons (Fsp3) is 0.0833. The number of allylic oxidation sites excluding steroid dienone is 3. The Kier molecular flexibility index (Phi) is 6.32. The Balaban J connectivity index is 1.14. The summed E-state index contributed by atoms with van der Waals surface area (Å²) in [5.74, 6) is 3.42. The molecule has 0 radical (unpaired) electrons. The van der Waals surface area contributed by atoms with Crippen molar-refractivity contribution in [1.82, 2.24) is 9.88 Å². The molecule has 1 spiro atoms. The van der Waals surface area contributed by atoms with Gasteiger partial charge in [-0.05, 0) is 72.5 Å². The van der Waals surface area contributed by atoms with Gasteiger partial charge in [-0.15, -0.1) is 0 Å². The Morgan fingerprint density at radius 2 is 1.21 bits per heavy atom. The normalized spacial score (nSPS) is 15.7. The zero-order chi connectivity index (χ0) is 34.2. The van der Waals surface area contributed by atoms with Crippen molar-refractivity contribution < 1.29 is 9.47 Å². The van der Waals surface area contributed by atoms with Crippen molar-refractivity contribution in [3.05, 3.63) is 197 Å². The summed E-state index contributed by atoms with van der Waals surface area (Å²) in [6, 6.07) is 48.1. The molecule has 6 aromatic carbocycles. The number of rotatable bonds is 3. The van der Waals surface area contributed by atoms with Gasteiger partial charge < -0.3 is 19.4 Å². The summed E-state index contributed by atoms with van der Waals surface area (Å²) in [5, 5.41) is 4.82. The summed E-state index contributed by atoms with van der Waals surface area (Å²) in [4.78, 5) is 0. The lowest BCUT2D eigenvalue weighted by Crippen LogP contribution is -2.36. The zero-order valence-electron chi connectivity index (χ0n) is 28.5. The summed E-state index contributed by atoms with van der Waals surface area (Å²) in [5.41, 5.74) is 13.3. The molecule has 0 saturated heterocycles. The second kappa shape index (κ2) is 11.2. The van der Waals surface area contributed by atoms with Gasteiger partial charge in [0.25, 0.3) is 0 Å². The molecule has 0 atom stereocenters. The number of fused-ring (bicyclic) bond motifs is 11. The van der Waals surface area contributed by atoms with Crippen LogP contribution < -0.4 is 14.8 Å². The average Bonchev–Trinajstić information content (AvgIpc) is 3.54. The number of hydrogen-bond acceptors (Lipinski definition) is 3. The van der Waals surface area contributed by atoms with Crippen molar-refractivity contribution in [3.8, 4) is 39.8 Å². The van der Waals surface area contributed by atoms with Gasteiger partial charge in [-0.25, -0.2) is 0 Å². The lowest BCUT2D eigenvalue weighted by atomic mass is 9.62. The molecular formula is C48H34N2O2. The highest BCUT2D eigenvalue weighted by molar-refractivity contribution is 5.96. The van der Waals surface area contributed by atoms with E-state index in [-0.39, 0.29) is 0 Å². The van der Waals surface area contributed by atoms with E-state index >= 15 is 0 Å². The molecule has 11 rings (SSSR count). The summed E-state index contributed by atoms with van der Waals surface area (Å²) in [6.45, 7) is 0.801. The molecule has 0 saturated carbocycles. The van der Waals surface area contributed by atoms with Gasteiger partial charge in [0.1, 0.15) is 23.0 Å². The highest BCUT2D eigenvalue weighted by Crippen LogP contribution is 2.61. The van der Waals surface area contributed by atoms with Crippen LogP contribution in [0.5, 0.6) is 23.0 Å². The Hall–Kier alpha value is -6.52. The van der Waals surface area contributed by atoms with E-state index in [0.717, 1.165) is 87.0 Å². The third-order valence-electron chi connectivity index (χ3n) is 11.2. The first-order valence-electron chi connectivity index (χ1n) is 18.1. The molecule has 4 aliphatic rings. The number of nitrogens with zero attached hydrogens (tertiary/aromatic N) is 1. The van der Waals surface area contributed by atoms with Crippen LogP contribution in [0.15, 0.2) is 158 Å². The van der Waals surface area contributed by atoms with Crippen molar-refractivity contribution in [1.29, 1.82) is 0 Å². The summed E-state index contributed by atoms with van der Waals surface area (Å²) < 4.78 is 16.1. The average molecular weight is 671 g/mol. The monoisotopic (exact) mass is 670 g/mol. The molecule has 4 nitrogen and oxygen atoms in total. The quantitative estimate of drug-likeness (QED) is 0.203. The van der Waals surface area contributed by atoms with Crippen molar-refractivity contribution in [3.63, 3.8) is 0 Å². The van der Waals surface area contributed by atoms with Gasteiger partial charge in [0, 0.05) is 62.4 Å². The lowest BCUT2D eigenvalue weighted by molar-refractivity contribution is 0.399. The summed E-state index contributed by atoms with van der Waals surface area (Å²) in [7, 11) is 0. The van der Waals surface area contributed by atoms with Crippen LogP contribution in [0.25, 0.3) is 39.5 Å². The Morgan fingerprint density at radius 1 is 0.577 bits per heavy atom. The van der Waals surface area contributed by atoms with E-state index in [1.54, 1.807) is 0 Å². The first kappa shape index (κ1) is 29.2. The molecule has 3 aliphatic heterocycles. The third-order valence-corrected chi connectivity index (χ3v) is 11.2. The first-order chi connectivity index (χ1) is 25.8. The van der Waals surface area contributed by atoms with Gasteiger partial charge in [-0.2, -0.15) is 0 Å². The van der Waals surface area contributed by atoms with Crippen LogP contribution in [0.2, 0.25) is 0 Å². The first-order valence-corrected chi connectivity index (χ1v) is 18.1. The molecular weight excluding hydrogens is 637 g/mol. The van der Waals surface area contributed by atoms with E-state index in [1.807, 2.05) is 0 Å². The molecule has 7 aromatic rings. The highest BCUT2D eigenvalue weighted by Gasteiger charge is 2.50. The maximum atomic E-state index is 7.05. The number of nitrogens with one attached hydrogen (secondary N) is 1. The Bertz CT molecular complexity index is 2650. The van der Waals surface area contributed by atoms with Crippen LogP contribution in [0, 0.1) is 0 Å². The van der Waals surface area contributed by atoms with Gasteiger partial charge in [0.2, 0.25) is 0 Å². The molecule has 0 bridgehead atoms. The molecule has 1 N–H and O–H groups in total. The molecule has 4 heteroatoms. The van der Waals surface area contributed by atoms with Gasteiger partial charge >= 0.3 is 0 Å². The predicted molar refractivity (Wildman–Crippen MR) is 210 cm³/mol. The topological polar surface area (TPSA) is 35.4 Å². The number of hydrogen-bond donors (Lipinski definition) is 1. The fourth-order valence-corrected chi connectivity index (χ4v) is 8.95. The van der Waals surface area contributed by atoms with Crippen LogP contribution >= 0.6 is 0 Å². The third kappa shape index (κ3) is 4.15. The Labute approximate surface area is 302 Å².